The molecule has 0 spiro atoms. The van der Waals surface area contributed by atoms with Crippen molar-refractivity contribution in [3.05, 3.63) is 23.1 Å². The van der Waals surface area contributed by atoms with Crippen LogP contribution in [0, 0.1) is 5.92 Å². The predicted molar refractivity (Wildman–Crippen MR) is 90.6 cm³/mol. The molecule has 0 aromatic heterocycles. The van der Waals surface area contributed by atoms with Crippen molar-refractivity contribution in [2.45, 2.75) is 51.9 Å². The van der Waals surface area contributed by atoms with Crippen molar-refractivity contribution < 1.29 is 4.79 Å². The van der Waals surface area contributed by atoms with E-state index in [1.807, 2.05) is 0 Å². The molecule has 1 amide bonds. The minimum Gasteiger partial charge on any atom is -0.293 e. The Balaban J connectivity index is 1.90. The van der Waals surface area contributed by atoms with E-state index in [1.54, 1.807) is 4.90 Å². The Morgan fingerprint density at radius 1 is 1.40 bits per heavy atom. The van der Waals surface area contributed by atoms with Gasteiger partial charge in [0.2, 0.25) is 0 Å². The zero-order chi connectivity index (χ0) is 14.4. The monoisotopic (exact) mass is 309 g/mol. The summed E-state index contributed by atoms with van der Waals surface area (Å²) in [6.45, 7) is 2.98. The summed E-state index contributed by atoms with van der Waals surface area (Å²) in [6, 6.07) is 0. The van der Waals surface area contributed by atoms with Crippen LogP contribution in [-0.2, 0) is 4.79 Å². The van der Waals surface area contributed by atoms with E-state index >= 15 is 0 Å². The number of amides is 1. The van der Waals surface area contributed by atoms with Crippen LogP contribution in [0.4, 0.5) is 0 Å². The summed E-state index contributed by atoms with van der Waals surface area (Å²) in [5.74, 6) is 0.639. The highest BCUT2D eigenvalue weighted by molar-refractivity contribution is 8.26. The van der Waals surface area contributed by atoms with Gasteiger partial charge in [-0.25, -0.2) is 0 Å². The summed E-state index contributed by atoms with van der Waals surface area (Å²) in [4.78, 5) is 15.0. The Labute approximate surface area is 131 Å². The molecule has 20 heavy (non-hydrogen) atoms. The van der Waals surface area contributed by atoms with Crippen molar-refractivity contribution in [1.29, 1.82) is 0 Å². The van der Waals surface area contributed by atoms with Crippen molar-refractivity contribution in [2.75, 3.05) is 6.54 Å². The average Bonchev–Trinajstić information content (AvgIpc) is 2.72. The largest absolute Gasteiger partial charge is 0.293 e. The van der Waals surface area contributed by atoms with Crippen LogP contribution in [0.3, 0.4) is 0 Å². The van der Waals surface area contributed by atoms with Gasteiger partial charge in [0.1, 0.15) is 4.32 Å². The first-order valence-electron chi connectivity index (χ1n) is 7.63. The van der Waals surface area contributed by atoms with E-state index in [-0.39, 0.29) is 5.91 Å². The Kier molecular flexibility index (Phi) is 6.30. The van der Waals surface area contributed by atoms with Crippen LogP contribution < -0.4 is 0 Å². The Bertz CT molecular complexity index is 428. The number of unbranched alkanes of at least 4 members (excludes halogenated alkanes) is 3. The van der Waals surface area contributed by atoms with Gasteiger partial charge in [0.25, 0.3) is 5.91 Å². The molecular formula is C16H23NOS2. The van der Waals surface area contributed by atoms with E-state index in [1.165, 1.54) is 31.0 Å². The summed E-state index contributed by atoms with van der Waals surface area (Å²) >= 11 is 6.84. The lowest BCUT2D eigenvalue weighted by atomic mass is 9.94. The molecule has 2 rings (SSSR count). The summed E-state index contributed by atoms with van der Waals surface area (Å²) in [5.41, 5.74) is 0. The van der Waals surface area contributed by atoms with Crippen molar-refractivity contribution in [3.8, 4) is 0 Å². The molecule has 4 heteroatoms. The number of nitrogens with zero attached hydrogens (tertiary/aromatic N) is 1. The first kappa shape index (κ1) is 15.8. The smallest absolute Gasteiger partial charge is 0.265 e. The fourth-order valence-corrected chi connectivity index (χ4v) is 3.96. The SMILES string of the molecule is CCCCCCN1C(=O)/C(=C\[C@@H]2CC=CCC2)SC1=S. The number of hydrogen-bond donors (Lipinski definition) is 0. The maximum Gasteiger partial charge on any atom is 0.265 e. The average molecular weight is 310 g/mol. The molecule has 0 aromatic carbocycles. The molecule has 0 saturated carbocycles. The van der Waals surface area contributed by atoms with Crippen LogP contribution in [0.1, 0.15) is 51.9 Å². The fourth-order valence-electron chi connectivity index (χ4n) is 2.59. The van der Waals surface area contributed by atoms with Crippen LogP contribution in [0.5, 0.6) is 0 Å². The van der Waals surface area contributed by atoms with Gasteiger partial charge in [0.05, 0.1) is 4.91 Å². The molecule has 110 valence electrons. The number of carbonyl (C=O) groups excluding carboxylic acids is 1. The maximum absolute atomic E-state index is 12.4. The van der Waals surface area contributed by atoms with Crippen LogP contribution in [-0.4, -0.2) is 21.7 Å². The molecule has 0 N–H and O–H groups in total. The first-order chi connectivity index (χ1) is 9.72. The van der Waals surface area contributed by atoms with E-state index in [0.717, 1.165) is 41.5 Å². The zero-order valence-electron chi connectivity index (χ0n) is 12.1. The van der Waals surface area contributed by atoms with E-state index in [2.05, 4.69) is 25.2 Å². The van der Waals surface area contributed by atoms with E-state index in [9.17, 15) is 4.79 Å². The summed E-state index contributed by atoms with van der Waals surface area (Å²) < 4.78 is 0.740. The van der Waals surface area contributed by atoms with Gasteiger partial charge in [-0.05, 0) is 31.6 Å². The van der Waals surface area contributed by atoms with Gasteiger partial charge in [-0.2, -0.15) is 0 Å². The minimum absolute atomic E-state index is 0.131. The van der Waals surface area contributed by atoms with Crippen LogP contribution in [0.25, 0.3) is 0 Å². The number of rotatable bonds is 6. The molecule has 0 bridgehead atoms. The molecule has 1 saturated heterocycles. The Hall–Kier alpha value is -0.610. The number of hydrogen-bond acceptors (Lipinski definition) is 3. The van der Waals surface area contributed by atoms with Gasteiger partial charge in [-0.15, -0.1) is 0 Å². The first-order valence-corrected chi connectivity index (χ1v) is 8.85. The molecule has 2 aliphatic rings. The molecule has 1 aliphatic heterocycles. The molecule has 0 radical (unpaired) electrons. The predicted octanol–water partition coefficient (Wildman–Crippen LogP) is 4.67. The van der Waals surface area contributed by atoms with Crippen molar-refractivity contribution in [2.24, 2.45) is 5.92 Å². The zero-order valence-corrected chi connectivity index (χ0v) is 13.8. The summed E-state index contributed by atoms with van der Waals surface area (Å²) in [5, 5.41) is 0. The second-order valence-electron chi connectivity index (χ2n) is 5.46. The standard InChI is InChI=1S/C16H23NOS2/c1-2-3-4-8-11-17-15(18)14(20-16(17)19)12-13-9-6-5-7-10-13/h5-6,12-13H,2-4,7-11H2,1H3/b14-12+/t13-/m1/s1. The molecule has 1 aliphatic carbocycles. The highest BCUT2D eigenvalue weighted by Crippen LogP contribution is 2.34. The molecule has 1 fully saturated rings. The third-order valence-electron chi connectivity index (χ3n) is 3.81. The Morgan fingerprint density at radius 3 is 2.95 bits per heavy atom. The molecule has 2 nitrogen and oxygen atoms in total. The van der Waals surface area contributed by atoms with Crippen LogP contribution in [0.15, 0.2) is 23.1 Å². The lowest BCUT2D eigenvalue weighted by Crippen LogP contribution is -2.29. The van der Waals surface area contributed by atoms with Gasteiger partial charge < -0.3 is 0 Å². The molecule has 0 aromatic rings. The molecule has 1 heterocycles. The highest BCUT2D eigenvalue weighted by atomic mass is 32.2. The normalized spacial score (nSPS) is 24.9. The molecule has 1 atom stereocenters. The lowest BCUT2D eigenvalue weighted by molar-refractivity contribution is -0.122. The topological polar surface area (TPSA) is 20.3 Å². The van der Waals surface area contributed by atoms with Crippen LogP contribution in [0.2, 0.25) is 0 Å². The maximum atomic E-state index is 12.4. The third kappa shape index (κ3) is 4.19. The van der Waals surface area contributed by atoms with Gasteiger partial charge in [-0.3, -0.25) is 9.69 Å². The molecule has 0 unspecified atom stereocenters. The Morgan fingerprint density at radius 2 is 2.25 bits per heavy atom. The van der Waals surface area contributed by atoms with E-state index in [0.29, 0.717) is 5.92 Å². The lowest BCUT2D eigenvalue weighted by Gasteiger charge is -2.15. The second kappa shape index (κ2) is 7.99. The van der Waals surface area contributed by atoms with E-state index in [4.69, 9.17) is 12.2 Å². The summed E-state index contributed by atoms with van der Waals surface area (Å²) in [7, 11) is 0. The molecular weight excluding hydrogens is 286 g/mol. The number of allylic oxidation sites excluding steroid dienone is 3. The van der Waals surface area contributed by atoms with Crippen molar-refractivity contribution in [1.82, 2.24) is 4.90 Å². The highest BCUT2D eigenvalue weighted by Gasteiger charge is 2.31. The van der Waals surface area contributed by atoms with Crippen molar-refractivity contribution >= 4 is 34.2 Å². The minimum atomic E-state index is 0.131. The van der Waals surface area contributed by atoms with Crippen LogP contribution >= 0.6 is 24.0 Å². The third-order valence-corrected chi connectivity index (χ3v) is 5.20. The quantitative estimate of drug-likeness (QED) is 0.308. The van der Waals surface area contributed by atoms with Gasteiger partial charge in [-0.1, -0.05) is 68.4 Å². The van der Waals surface area contributed by atoms with E-state index < -0.39 is 0 Å². The number of thioether (sulfide) groups is 1. The van der Waals surface area contributed by atoms with Gasteiger partial charge in [0, 0.05) is 6.54 Å². The van der Waals surface area contributed by atoms with Crippen molar-refractivity contribution in [3.63, 3.8) is 0 Å². The second-order valence-corrected chi connectivity index (χ2v) is 7.14. The van der Waals surface area contributed by atoms with Gasteiger partial charge in [0.15, 0.2) is 0 Å². The van der Waals surface area contributed by atoms with Gasteiger partial charge >= 0.3 is 0 Å². The fraction of sp³-hybridized carbons (Fsp3) is 0.625. The summed E-state index contributed by atoms with van der Waals surface area (Å²) in [6.07, 6.45) is 14.6. The number of thiocarbonyl (C=S) groups is 1. The number of carbonyl (C=O) groups is 1.